The van der Waals surface area contributed by atoms with E-state index >= 15 is 0 Å². The quantitative estimate of drug-likeness (QED) is 0.367. The summed E-state index contributed by atoms with van der Waals surface area (Å²) in [4.78, 5) is 18.4. The highest BCUT2D eigenvalue weighted by molar-refractivity contribution is 6.02. The van der Waals surface area contributed by atoms with Crippen molar-refractivity contribution in [3.05, 3.63) is 78.3 Å². The van der Waals surface area contributed by atoms with Crippen LogP contribution >= 0.6 is 0 Å². The van der Waals surface area contributed by atoms with Gasteiger partial charge in [0.15, 0.2) is 22.9 Å². The Hall–Kier alpha value is -4.53. The molecule has 0 radical (unpaired) electrons. The van der Waals surface area contributed by atoms with E-state index < -0.39 is 0 Å². The summed E-state index contributed by atoms with van der Waals surface area (Å²) in [6.07, 6.45) is 3.58. The van der Waals surface area contributed by atoms with Gasteiger partial charge in [0.2, 0.25) is 5.82 Å². The number of Topliss-reactive ketones (excluding diaryl/α,β-unsaturated/α-hetero) is 1. The first-order chi connectivity index (χ1) is 16.1. The maximum Gasteiger partial charge on any atom is 0.204 e. The molecule has 3 aromatic heterocycles. The van der Waals surface area contributed by atoms with E-state index in [2.05, 4.69) is 30.5 Å². The number of ketones is 1. The molecule has 2 aromatic carbocycles. The zero-order chi connectivity index (χ0) is 22.8. The Balaban J connectivity index is 1.65. The largest absolute Gasteiger partial charge is 0.493 e. The van der Waals surface area contributed by atoms with Crippen molar-refractivity contribution in [1.82, 2.24) is 25.6 Å². The Labute approximate surface area is 189 Å². The van der Waals surface area contributed by atoms with E-state index in [0.29, 0.717) is 23.7 Å². The van der Waals surface area contributed by atoms with Gasteiger partial charge in [0.05, 0.1) is 12.8 Å². The molecule has 9 nitrogen and oxygen atoms in total. The first-order valence-corrected chi connectivity index (χ1v) is 10.3. The van der Waals surface area contributed by atoms with Crippen molar-refractivity contribution in [2.45, 2.75) is 13.5 Å². The molecule has 0 bridgehead atoms. The van der Waals surface area contributed by atoms with Crippen LogP contribution in [-0.2, 0) is 6.54 Å². The number of furan rings is 1. The van der Waals surface area contributed by atoms with Crippen LogP contribution in [-0.4, -0.2) is 38.5 Å². The summed E-state index contributed by atoms with van der Waals surface area (Å²) in [5.41, 5.74) is 4.20. The molecule has 5 rings (SSSR count). The van der Waals surface area contributed by atoms with Crippen molar-refractivity contribution in [3.63, 3.8) is 0 Å². The van der Waals surface area contributed by atoms with E-state index in [9.17, 15) is 4.79 Å². The Morgan fingerprint density at radius 3 is 2.67 bits per heavy atom. The van der Waals surface area contributed by atoms with Crippen molar-refractivity contribution >= 4 is 28.1 Å². The summed E-state index contributed by atoms with van der Waals surface area (Å²) in [5, 5.41) is 15.0. The summed E-state index contributed by atoms with van der Waals surface area (Å²) >= 11 is 0. The summed E-state index contributed by atoms with van der Waals surface area (Å²) in [7, 11) is 1.58. The molecule has 3 heterocycles. The summed E-state index contributed by atoms with van der Waals surface area (Å²) in [5.74, 6) is 1.22. The predicted octanol–water partition coefficient (Wildman–Crippen LogP) is 4.56. The van der Waals surface area contributed by atoms with Crippen LogP contribution in [0.5, 0.6) is 5.75 Å². The van der Waals surface area contributed by atoms with E-state index in [0.717, 1.165) is 27.9 Å². The smallest absolute Gasteiger partial charge is 0.204 e. The second-order valence-electron chi connectivity index (χ2n) is 7.43. The lowest BCUT2D eigenvalue weighted by Crippen LogP contribution is -2.17. The number of benzene rings is 2. The fourth-order valence-electron chi connectivity index (χ4n) is 3.72. The van der Waals surface area contributed by atoms with Crippen molar-refractivity contribution in [1.29, 1.82) is 0 Å². The van der Waals surface area contributed by atoms with Crippen LogP contribution in [0, 0.1) is 0 Å². The lowest BCUT2D eigenvalue weighted by atomic mass is 10.1. The third kappa shape index (κ3) is 3.91. The molecule has 0 saturated heterocycles. The van der Waals surface area contributed by atoms with Crippen molar-refractivity contribution in [2.75, 3.05) is 12.0 Å². The van der Waals surface area contributed by atoms with E-state index in [-0.39, 0.29) is 11.5 Å². The number of pyridine rings is 1. The number of carbonyl (C=O) groups is 1. The minimum atomic E-state index is -0.150. The van der Waals surface area contributed by atoms with Gasteiger partial charge < -0.3 is 14.1 Å². The maximum atomic E-state index is 12.0. The molecule has 0 aliphatic carbocycles. The fraction of sp³-hybridized carbons (Fsp3) is 0.125. The number of carbonyl (C=O) groups excluding carboxylic acids is 1. The number of ether oxygens (including phenoxy) is 1. The van der Waals surface area contributed by atoms with Crippen LogP contribution in [0.4, 0.5) is 11.4 Å². The molecule has 0 aliphatic rings. The van der Waals surface area contributed by atoms with Crippen LogP contribution in [0.3, 0.4) is 0 Å². The Morgan fingerprint density at radius 2 is 2.00 bits per heavy atom. The minimum Gasteiger partial charge on any atom is -0.493 e. The first kappa shape index (κ1) is 20.4. The fourth-order valence-corrected chi connectivity index (χ4v) is 3.72. The second kappa shape index (κ2) is 8.54. The van der Waals surface area contributed by atoms with Crippen molar-refractivity contribution in [3.8, 4) is 17.1 Å². The number of aromatic amines is 1. The number of nitrogens with zero attached hydrogens (tertiary/aromatic N) is 5. The molecular weight excluding hydrogens is 420 g/mol. The Morgan fingerprint density at radius 1 is 1.15 bits per heavy atom. The molecule has 0 atom stereocenters. The SMILES string of the molecule is COc1ccc(N(Cc2cccnc2)c2ccc(-c3nn[nH]n3)cc2)c2cc(C(C)=O)oc12. The van der Waals surface area contributed by atoms with E-state index in [1.54, 1.807) is 19.4 Å². The highest BCUT2D eigenvalue weighted by atomic mass is 16.5. The topological polar surface area (TPSA) is 110 Å². The molecule has 9 heteroatoms. The number of anilines is 2. The minimum absolute atomic E-state index is 0.150. The summed E-state index contributed by atoms with van der Waals surface area (Å²) in [6, 6.07) is 17.3. The average Bonchev–Trinajstić information content (AvgIpc) is 3.54. The highest BCUT2D eigenvalue weighted by Crippen LogP contribution is 2.40. The maximum absolute atomic E-state index is 12.0. The zero-order valence-electron chi connectivity index (χ0n) is 18.0. The van der Waals surface area contributed by atoms with Gasteiger partial charge in [0.1, 0.15) is 0 Å². The van der Waals surface area contributed by atoms with Gasteiger partial charge in [-0.25, -0.2) is 0 Å². The third-order valence-electron chi connectivity index (χ3n) is 5.33. The van der Waals surface area contributed by atoms with E-state index in [1.807, 2.05) is 54.7 Å². The molecule has 0 fully saturated rings. The van der Waals surface area contributed by atoms with Gasteiger partial charge in [-0.15, -0.1) is 10.2 Å². The monoisotopic (exact) mass is 440 g/mol. The molecule has 0 spiro atoms. The number of H-pyrrole nitrogens is 1. The zero-order valence-corrected chi connectivity index (χ0v) is 18.0. The first-order valence-electron chi connectivity index (χ1n) is 10.3. The number of aromatic nitrogens is 5. The summed E-state index contributed by atoms with van der Waals surface area (Å²) in [6.45, 7) is 2.03. The van der Waals surface area contributed by atoms with Crippen LogP contribution in [0.25, 0.3) is 22.4 Å². The third-order valence-corrected chi connectivity index (χ3v) is 5.33. The highest BCUT2D eigenvalue weighted by Gasteiger charge is 2.20. The van der Waals surface area contributed by atoms with E-state index in [4.69, 9.17) is 9.15 Å². The second-order valence-corrected chi connectivity index (χ2v) is 7.43. The molecule has 0 unspecified atom stereocenters. The lowest BCUT2D eigenvalue weighted by Gasteiger charge is -2.26. The van der Waals surface area contributed by atoms with Gasteiger partial charge >= 0.3 is 0 Å². The molecule has 33 heavy (non-hydrogen) atoms. The number of hydrogen-bond acceptors (Lipinski definition) is 8. The lowest BCUT2D eigenvalue weighted by molar-refractivity contribution is 0.0989. The molecule has 0 aliphatic heterocycles. The normalized spacial score (nSPS) is 11.0. The van der Waals surface area contributed by atoms with Gasteiger partial charge in [-0.05, 0) is 59.3 Å². The van der Waals surface area contributed by atoms with Gasteiger partial charge in [-0.3, -0.25) is 9.78 Å². The standard InChI is InChI=1S/C24H20N6O3/c1-15(31)22-12-19-20(9-10-21(32-2)23(19)33-22)30(14-16-4-3-11-25-13-16)18-7-5-17(6-8-18)24-26-28-29-27-24/h3-13H,14H2,1-2H3,(H,26,27,28,29). The van der Waals surface area contributed by atoms with Crippen molar-refractivity contribution in [2.24, 2.45) is 0 Å². The Kier molecular flexibility index (Phi) is 5.27. The van der Waals surface area contributed by atoms with E-state index in [1.165, 1.54) is 6.92 Å². The molecular formula is C24H20N6O3. The molecule has 1 N–H and O–H groups in total. The number of hydrogen-bond donors (Lipinski definition) is 1. The molecule has 0 saturated carbocycles. The van der Waals surface area contributed by atoms with Gasteiger partial charge in [-0.2, -0.15) is 5.21 Å². The number of rotatable bonds is 7. The van der Waals surface area contributed by atoms with Crippen molar-refractivity contribution < 1.29 is 13.9 Å². The molecule has 164 valence electrons. The Bertz CT molecular complexity index is 1400. The predicted molar refractivity (Wildman–Crippen MR) is 122 cm³/mol. The molecule has 5 aromatic rings. The summed E-state index contributed by atoms with van der Waals surface area (Å²) < 4.78 is 11.3. The number of tetrazole rings is 1. The van der Waals surface area contributed by atoms with Gasteiger partial charge in [-0.1, -0.05) is 6.07 Å². The number of nitrogens with one attached hydrogen (secondary N) is 1. The number of fused-ring (bicyclic) bond motifs is 1. The number of methoxy groups -OCH3 is 1. The van der Waals surface area contributed by atoms with Crippen LogP contribution < -0.4 is 9.64 Å². The average molecular weight is 440 g/mol. The van der Waals surface area contributed by atoms with Crippen LogP contribution in [0.1, 0.15) is 23.0 Å². The van der Waals surface area contributed by atoms with Crippen LogP contribution in [0.15, 0.2) is 71.4 Å². The van der Waals surface area contributed by atoms with Crippen LogP contribution in [0.2, 0.25) is 0 Å². The van der Waals surface area contributed by atoms with Gasteiger partial charge in [0, 0.05) is 42.5 Å². The van der Waals surface area contributed by atoms with Gasteiger partial charge in [0.25, 0.3) is 0 Å². The molecule has 0 amide bonds.